The van der Waals surface area contributed by atoms with E-state index >= 15 is 0 Å². The minimum atomic E-state index is -2.09. The van der Waals surface area contributed by atoms with Gasteiger partial charge >= 0.3 is 11.7 Å². The first kappa shape index (κ1) is 16.1. The lowest BCUT2D eigenvalue weighted by molar-refractivity contribution is -0.389. The van der Waals surface area contributed by atoms with Gasteiger partial charge in [-0.25, -0.2) is 4.79 Å². The maximum absolute atomic E-state index is 13.8. The molecule has 2 rings (SSSR count). The van der Waals surface area contributed by atoms with E-state index in [0.717, 1.165) is 24.3 Å². The van der Waals surface area contributed by atoms with Crippen molar-refractivity contribution in [2.45, 2.75) is 0 Å². The van der Waals surface area contributed by atoms with Crippen LogP contribution in [-0.4, -0.2) is 21.1 Å². The number of carboxylic acids is 1. The maximum atomic E-state index is 13.8. The Balaban J connectivity index is 2.48. The lowest BCUT2D eigenvalue weighted by atomic mass is 10.2. The molecule has 0 aliphatic carbocycles. The van der Waals surface area contributed by atoms with Crippen molar-refractivity contribution in [3.05, 3.63) is 57.4 Å². The van der Waals surface area contributed by atoms with Crippen molar-refractivity contribution >= 4 is 11.7 Å². The van der Waals surface area contributed by atoms with E-state index in [9.17, 15) is 33.2 Å². The van der Waals surface area contributed by atoms with Gasteiger partial charge in [0.05, 0.1) is 10.5 Å². The number of carbonyl (C=O) groups is 1. The molecule has 2 N–H and O–H groups in total. The molecule has 23 heavy (non-hydrogen) atoms. The second kappa shape index (κ2) is 5.83. The summed E-state index contributed by atoms with van der Waals surface area (Å²) in [5.74, 6) is -10.6. The van der Waals surface area contributed by atoms with Crippen LogP contribution < -0.4 is 4.74 Å². The first-order chi connectivity index (χ1) is 10.7. The van der Waals surface area contributed by atoms with Gasteiger partial charge in [-0.3, -0.25) is 10.1 Å². The third-order valence-corrected chi connectivity index (χ3v) is 2.74. The highest BCUT2D eigenvalue weighted by Gasteiger charge is 2.33. The molecule has 2 aromatic carbocycles. The quantitative estimate of drug-likeness (QED) is 0.506. The number of nitro benzene ring substituents is 1. The van der Waals surface area contributed by atoms with Gasteiger partial charge < -0.3 is 14.9 Å². The Morgan fingerprint density at radius 1 is 1.09 bits per heavy atom. The predicted molar refractivity (Wildman–Crippen MR) is 68.1 cm³/mol. The number of hydrogen-bond acceptors (Lipinski definition) is 5. The fourth-order valence-electron chi connectivity index (χ4n) is 1.66. The molecule has 0 unspecified atom stereocenters. The monoisotopic (exact) mass is 329 g/mol. The molecular weight excluding hydrogens is 323 g/mol. The van der Waals surface area contributed by atoms with Crippen molar-refractivity contribution in [1.82, 2.24) is 0 Å². The van der Waals surface area contributed by atoms with Crippen molar-refractivity contribution in [3.63, 3.8) is 0 Å². The summed E-state index contributed by atoms with van der Waals surface area (Å²) in [5, 5.41) is 28.5. The Morgan fingerprint density at radius 2 is 1.65 bits per heavy atom. The van der Waals surface area contributed by atoms with Crippen molar-refractivity contribution in [1.29, 1.82) is 0 Å². The van der Waals surface area contributed by atoms with Gasteiger partial charge in [0.25, 0.3) is 0 Å². The molecule has 0 fully saturated rings. The summed E-state index contributed by atoms with van der Waals surface area (Å²) in [7, 11) is 0. The van der Waals surface area contributed by atoms with Crippen LogP contribution in [0.1, 0.15) is 10.4 Å². The van der Waals surface area contributed by atoms with Crippen LogP contribution in [0.4, 0.5) is 18.9 Å². The van der Waals surface area contributed by atoms with Crippen LogP contribution in [0, 0.1) is 27.6 Å². The van der Waals surface area contributed by atoms with Crippen LogP contribution in [0.2, 0.25) is 0 Å². The number of ether oxygens (including phenoxy) is 1. The number of carboxylic acid groups (broad SMARTS) is 1. The molecule has 0 bridgehead atoms. The number of aromatic carboxylic acids is 1. The first-order valence-corrected chi connectivity index (χ1v) is 5.79. The van der Waals surface area contributed by atoms with Crippen LogP contribution >= 0.6 is 0 Å². The molecule has 0 atom stereocenters. The third kappa shape index (κ3) is 2.86. The average molecular weight is 329 g/mol. The standard InChI is InChI=1S/C13H6F3NO6/c14-7-8(15)12(9(16)11(18)10(7)17(21)22)23-6-3-1-5(2-4-6)13(19)20/h1-4,18H,(H,19,20). The van der Waals surface area contributed by atoms with E-state index in [4.69, 9.17) is 9.84 Å². The van der Waals surface area contributed by atoms with Crippen molar-refractivity contribution in [3.8, 4) is 17.2 Å². The Hall–Kier alpha value is -3.30. The van der Waals surface area contributed by atoms with Crippen LogP contribution in [0.5, 0.6) is 17.2 Å². The normalized spacial score (nSPS) is 10.4. The summed E-state index contributed by atoms with van der Waals surface area (Å²) in [6.07, 6.45) is 0. The van der Waals surface area contributed by atoms with Gasteiger partial charge in [0.15, 0.2) is 0 Å². The fraction of sp³-hybridized carbons (Fsp3) is 0. The summed E-state index contributed by atoms with van der Waals surface area (Å²) >= 11 is 0. The Bertz CT molecular complexity index is 777. The van der Waals surface area contributed by atoms with Crippen molar-refractivity contribution in [2.24, 2.45) is 0 Å². The highest BCUT2D eigenvalue weighted by molar-refractivity contribution is 5.87. The summed E-state index contributed by atoms with van der Waals surface area (Å²) < 4.78 is 45.7. The van der Waals surface area contributed by atoms with E-state index in [1.165, 1.54) is 0 Å². The fourth-order valence-corrected chi connectivity index (χ4v) is 1.66. The van der Waals surface area contributed by atoms with Crippen LogP contribution in [0.3, 0.4) is 0 Å². The van der Waals surface area contributed by atoms with E-state index in [1.807, 2.05) is 0 Å². The molecular formula is C13H6F3NO6. The zero-order chi connectivity index (χ0) is 17.3. The third-order valence-electron chi connectivity index (χ3n) is 2.74. The number of hydrogen-bond donors (Lipinski definition) is 2. The molecule has 0 spiro atoms. The molecule has 120 valence electrons. The highest BCUT2D eigenvalue weighted by Crippen LogP contribution is 2.41. The second-order valence-electron chi connectivity index (χ2n) is 4.16. The molecule has 0 radical (unpaired) electrons. The zero-order valence-electron chi connectivity index (χ0n) is 10.9. The summed E-state index contributed by atoms with van der Waals surface area (Å²) in [6, 6.07) is 4.15. The zero-order valence-corrected chi connectivity index (χ0v) is 10.9. The molecule has 10 heteroatoms. The number of halogens is 3. The van der Waals surface area contributed by atoms with Crippen molar-refractivity contribution < 1.29 is 37.8 Å². The van der Waals surface area contributed by atoms with Gasteiger partial charge in [-0.1, -0.05) is 0 Å². The van der Waals surface area contributed by atoms with Gasteiger partial charge in [0.2, 0.25) is 29.0 Å². The number of aromatic hydroxyl groups is 1. The number of nitro groups is 1. The average Bonchev–Trinajstić information content (AvgIpc) is 2.50. The van der Waals surface area contributed by atoms with Crippen LogP contribution in [0.25, 0.3) is 0 Å². The number of phenolic OH excluding ortho intramolecular Hbond substituents is 1. The first-order valence-electron chi connectivity index (χ1n) is 5.79. The number of rotatable bonds is 4. The van der Waals surface area contributed by atoms with E-state index in [-0.39, 0.29) is 11.3 Å². The minimum absolute atomic E-state index is 0.143. The van der Waals surface area contributed by atoms with Gasteiger partial charge in [-0.05, 0) is 24.3 Å². The number of nitrogens with zero attached hydrogens (tertiary/aromatic N) is 1. The molecule has 0 heterocycles. The topological polar surface area (TPSA) is 110 Å². The lowest BCUT2D eigenvalue weighted by Crippen LogP contribution is -2.03. The summed E-state index contributed by atoms with van der Waals surface area (Å²) in [4.78, 5) is 19.7. The van der Waals surface area contributed by atoms with E-state index in [0.29, 0.717) is 0 Å². The Morgan fingerprint density at radius 3 is 2.13 bits per heavy atom. The number of phenols is 1. The summed E-state index contributed by atoms with van der Waals surface area (Å²) in [5.41, 5.74) is -1.90. The Kier molecular flexibility index (Phi) is 4.08. The highest BCUT2D eigenvalue weighted by atomic mass is 19.2. The van der Waals surface area contributed by atoms with Gasteiger partial charge in [-0.15, -0.1) is 0 Å². The molecule has 0 saturated heterocycles. The van der Waals surface area contributed by atoms with Crippen LogP contribution in [-0.2, 0) is 0 Å². The smallest absolute Gasteiger partial charge is 0.352 e. The molecule has 0 aliphatic rings. The second-order valence-corrected chi connectivity index (χ2v) is 4.16. The largest absolute Gasteiger partial charge is 0.500 e. The van der Waals surface area contributed by atoms with Crippen molar-refractivity contribution in [2.75, 3.05) is 0 Å². The van der Waals surface area contributed by atoms with E-state index < -0.39 is 45.5 Å². The molecule has 0 aromatic heterocycles. The van der Waals surface area contributed by atoms with E-state index in [1.54, 1.807) is 0 Å². The number of benzene rings is 2. The Labute approximate surface area is 125 Å². The molecule has 0 amide bonds. The molecule has 2 aromatic rings. The minimum Gasteiger partial charge on any atom is -0.500 e. The molecule has 7 nitrogen and oxygen atoms in total. The molecule has 0 saturated carbocycles. The van der Waals surface area contributed by atoms with Crippen LogP contribution in [0.15, 0.2) is 24.3 Å². The SMILES string of the molecule is O=C(O)c1ccc(Oc2c(F)c(O)c([N+](=O)[O-])c(F)c2F)cc1. The summed E-state index contributed by atoms with van der Waals surface area (Å²) in [6.45, 7) is 0. The predicted octanol–water partition coefficient (Wildman–Crippen LogP) is 3.21. The van der Waals surface area contributed by atoms with Gasteiger partial charge in [0, 0.05) is 0 Å². The van der Waals surface area contributed by atoms with Gasteiger partial charge in [-0.2, -0.15) is 13.2 Å². The maximum Gasteiger partial charge on any atom is 0.352 e. The van der Waals surface area contributed by atoms with E-state index in [2.05, 4.69) is 0 Å². The molecule has 0 aliphatic heterocycles. The van der Waals surface area contributed by atoms with Gasteiger partial charge in [0.1, 0.15) is 5.75 Å². The lowest BCUT2D eigenvalue weighted by Gasteiger charge is -2.10.